The second-order valence-electron chi connectivity index (χ2n) is 6.06. The van der Waals surface area contributed by atoms with Crippen LogP contribution in [0.5, 0.6) is 0 Å². The third-order valence-electron chi connectivity index (χ3n) is 4.08. The van der Waals surface area contributed by atoms with Crippen molar-refractivity contribution in [1.82, 2.24) is 10.2 Å². The molecule has 0 aliphatic carbocycles. The number of nitrogens with one attached hydrogen (secondary N) is 1. The molecule has 0 radical (unpaired) electrons. The van der Waals surface area contributed by atoms with Crippen molar-refractivity contribution in [1.29, 1.82) is 0 Å². The first-order chi connectivity index (χ1) is 9.49. The quantitative estimate of drug-likeness (QED) is 0.852. The number of halogens is 2. The van der Waals surface area contributed by atoms with Gasteiger partial charge in [-0.15, -0.1) is 0 Å². The maximum absolute atomic E-state index is 6.08. The lowest BCUT2D eigenvalue weighted by molar-refractivity contribution is 0.117. The van der Waals surface area contributed by atoms with Gasteiger partial charge in [-0.05, 0) is 50.0 Å². The van der Waals surface area contributed by atoms with E-state index >= 15 is 0 Å². The average Bonchev–Trinajstić information content (AvgIpc) is 2.37. The van der Waals surface area contributed by atoms with Crippen LogP contribution >= 0.6 is 27.5 Å². The van der Waals surface area contributed by atoms with Crippen LogP contribution in [0.15, 0.2) is 22.7 Å². The zero-order valence-electron chi connectivity index (χ0n) is 12.5. The van der Waals surface area contributed by atoms with Crippen LogP contribution in [-0.2, 0) is 0 Å². The summed E-state index contributed by atoms with van der Waals surface area (Å²) >= 11 is 9.76. The molecule has 0 saturated carbocycles. The first-order valence-corrected chi connectivity index (χ1v) is 8.54. The fourth-order valence-corrected chi connectivity index (χ4v) is 4.01. The topological polar surface area (TPSA) is 15.3 Å². The molecule has 2 atom stereocenters. The molecule has 1 N–H and O–H groups in total. The summed E-state index contributed by atoms with van der Waals surface area (Å²) in [6.45, 7) is 6.65. The van der Waals surface area contributed by atoms with Crippen LogP contribution in [0.1, 0.15) is 38.3 Å². The van der Waals surface area contributed by atoms with Crippen molar-refractivity contribution in [2.75, 3.05) is 20.1 Å². The van der Waals surface area contributed by atoms with E-state index < -0.39 is 0 Å². The lowest BCUT2D eigenvalue weighted by Crippen LogP contribution is -2.41. The molecule has 4 heteroatoms. The molecule has 0 spiro atoms. The maximum atomic E-state index is 6.08. The van der Waals surface area contributed by atoms with Crippen LogP contribution in [0.2, 0.25) is 5.02 Å². The van der Waals surface area contributed by atoms with Crippen molar-refractivity contribution in [3.05, 3.63) is 33.3 Å². The van der Waals surface area contributed by atoms with Crippen molar-refractivity contribution in [2.24, 2.45) is 5.92 Å². The van der Waals surface area contributed by atoms with Gasteiger partial charge in [0.2, 0.25) is 0 Å². The molecule has 1 heterocycles. The van der Waals surface area contributed by atoms with E-state index in [0.29, 0.717) is 18.0 Å². The average molecular weight is 360 g/mol. The molecule has 1 aromatic rings. The van der Waals surface area contributed by atoms with E-state index in [2.05, 4.69) is 53.1 Å². The van der Waals surface area contributed by atoms with E-state index in [1.807, 2.05) is 12.1 Å². The van der Waals surface area contributed by atoms with Gasteiger partial charge < -0.3 is 5.32 Å². The molecule has 1 fully saturated rings. The van der Waals surface area contributed by atoms with Crippen molar-refractivity contribution >= 4 is 27.5 Å². The van der Waals surface area contributed by atoms with Gasteiger partial charge in [-0.2, -0.15) is 0 Å². The van der Waals surface area contributed by atoms with Crippen LogP contribution < -0.4 is 5.32 Å². The molecule has 20 heavy (non-hydrogen) atoms. The Labute approximate surface area is 136 Å². The van der Waals surface area contributed by atoms with E-state index in [9.17, 15) is 0 Å². The van der Waals surface area contributed by atoms with Gasteiger partial charge in [-0.3, -0.25) is 4.90 Å². The number of nitrogens with zero attached hydrogens (tertiary/aromatic N) is 1. The number of piperidine rings is 1. The summed E-state index contributed by atoms with van der Waals surface area (Å²) in [4.78, 5) is 2.48. The van der Waals surface area contributed by atoms with Crippen molar-refractivity contribution in [2.45, 2.75) is 38.8 Å². The molecule has 0 bridgehead atoms. The minimum absolute atomic E-state index is 0.460. The zero-order valence-corrected chi connectivity index (χ0v) is 14.8. The van der Waals surface area contributed by atoms with Gasteiger partial charge in [0.1, 0.15) is 0 Å². The second-order valence-corrected chi connectivity index (χ2v) is 7.35. The highest BCUT2D eigenvalue weighted by molar-refractivity contribution is 9.10. The Bertz CT molecular complexity index is 450. The maximum Gasteiger partial charge on any atom is 0.0417 e. The number of hydrogen-bond acceptors (Lipinski definition) is 2. The Morgan fingerprint density at radius 3 is 2.85 bits per heavy atom. The van der Waals surface area contributed by atoms with Crippen LogP contribution in [-0.4, -0.2) is 31.1 Å². The molecule has 1 aliphatic rings. The fourth-order valence-electron chi connectivity index (χ4n) is 3.09. The van der Waals surface area contributed by atoms with Gasteiger partial charge >= 0.3 is 0 Å². The van der Waals surface area contributed by atoms with E-state index in [1.165, 1.54) is 18.4 Å². The van der Waals surface area contributed by atoms with E-state index in [1.54, 1.807) is 0 Å². The van der Waals surface area contributed by atoms with Crippen LogP contribution in [0.3, 0.4) is 0 Å². The van der Waals surface area contributed by atoms with Gasteiger partial charge in [-0.1, -0.05) is 47.4 Å². The van der Waals surface area contributed by atoms with E-state index in [-0.39, 0.29) is 0 Å². The van der Waals surface area contributed by atoms with Crippen LogP contribution in [0.4, 0.5) is 0 Å². The van der Waals surface area contributed by atoms with Crippen molar-refractivity contribution < 1.29 is 0 Å². The Morgan fingerprint density at radius 2 is 2.20 bits per heavy atom. The van der Waals surface area contributed by atoms with Gasteiger partial charge in [0, 0.05) is 28.1 Å². The van der Waals surface area contributed by atoms with Gasteiger partial charge in [-0.25, -0.2) is 0 Å². The summed E-state index contributed by atoms with van der Waals surface area (Å²) in [5.74, 6) is 0.647. The third kappa shape index (κ3) is 3.97. The summed E-state index contributed by atoms with van der Waals surface area (Å²) in [6.07, 6.45) is 2.56. The number of rotatable bonds is 4. The molecule has 0 aromatic heterocycles. The third-order valence-corrected chi connectivity index (χ3v) is 5.00. The predicted molar refractivity (Wildman–Crippen MR) is 90.4 cm³/mol. The molecular weight excluding hydrogens is 336 g/mol. The summed E-state index contributed by atoms with van der Waals surface area (Å²) in [5, 5.41) is 4.39. The van der Waals surface area contributed by atoms with Crippen molar-refractivity contribution in [3.8, 4) is 0 Å². The Balaban J connectivity index is 2.22. The molecule has 0 amide bonds. The summed E-state index contributed by atoms with van der Waals surface area (Å²) in [5.41, 5.74) is 1.35. The highest BCUT2D eigenvalue weighted by atomic mass is 79.9. The second kappa shape index (κ2) is 7.26. The summed E-state index contributed by atoms with van der Waals surface area (Å²) in [6, 6.07) is 7.17. The lowest BCUT2D eigenvalue weighted by atomic mass is 9.84. The van der Waals surface area contributed by atoms with Gasteiger partial charge in [0.05, 0.1) is 0 Å². The number of hydrogen-bond donors (Lipinski definition) is 1. The first-order valence-electron chi connectivity index (χ1n) is 7.37. The largest absolute Gasteiger partial charge is 0.314 e. The number of likely N-dealkylation sites (tertiary alicyclic amines) is 1. The minimum Gasteiger partial charge on any atom is -0.314 e. The van der Waals surface area contributed by atoms with Crippen LogP contribution in [0.25, 0.3) is 0 Å². The predicted octanol–water partition coefficient (Wildman–Crippen LogP) is 4.48. The normalized spacial score (nSPS) is 24.3. The Hall–Kier alpha value is -0.0900. The standard InChI is InChI=1S/C16H24BrClN2/c1-11(2)19-10-12-5-4-8-20(3)16(12)14-7-6-13(18)9-15(14)17/h6-7,9,11-12,16,19H,4-5,8,10H2,1-3H3. The molecule has 1 saturated heterocycles. The fraction of sp³-hybridized carbons (Fsp3) is 0.625. The highest BCUT2D eigenvalue weighted by Gasteiger charge is 2.31. The molecule has 112 valence electrons. The molecule has 2 rings (SSSR count). The monoisotopic (exact) mass is 358 g/mol. The molecular formula is C16H24BrClN2. The van der Waals surface area contributed by atoms with Crippen molar-refractivity contribution in [3.63, 3.8) is 0 Å². The SMILES string of the molecule is CC(C)NCC1CCCN(C)C1c1ccc(Cl)cc1Br. The Morgan fingerprint density at radius 1 is 1.45 bits per heavy atom. The number of benzene rings is 1. The first kappa shape index (κ1) is 16.3. The smallest absolute Gasteiger partial charge is 0.0417 e. The van der Waals surface area contributed by atoms with E-state index in [4.69, 9.17) is 11.6 Å². The molecule has 2 unspecified atom stereocenters. The zero-order chi connectivity index (χ0) is 14.7. The van der Waals surface area contributed by atoms with Gasteiger partial charge in [0.25, 0.3) is 0 Å². The van der Waals surface area contributed by atoms with E-state index in [0.717, 1.165) is 22.6 Å². The summed E-state index contributed by atoms with van der Waals surface area (Å²) < 4.78 is 1.12. The van der Waals surface area contributed by atoms with Crippen LogP contribution in [0, 0.1) is 5.92 Å². The highest BCUT2D eigenvalue weighted by Crippen LogP contribution is 2.38. The molecule has 1 aliphatic heterocycles. The minimum atomic E-state index is 0.460. The summed E-state index contributed by atoms with van der Waals surface area (Å²) in [7, 11) is 2.23. The molecule has 1 aromatic carbocycles. The molecule has 2 nitrogen and oxygen atoms in total. The van der Waals surface area contributed by atoms with Gasteiger partial charge in [0.15, 0.2) is 0 Å². The lowest BCUT2D eigenvalue weighted by Gasteiger charge is -2.40. The Kier molecular flexibility index (Phi) is 5.91.